The Bertz CT molecular complexity index is 1020. The van der Waals surface area contributed by atoms with Crippen LogP contribution in [0.15, 0.2) is 12.1 Å². The third kappa shape index (κ3) is 5.47. The number of hydrogen-bond acceptors (Lipinski definition) is 12. The van der Waals surface area contributed by atoms with Crippen LogP contribution in [0.1, 0.15) is 56.8 Å². The summed E-state index contributed by atoms with van der Waals surface area (Å²) in [5.41, 5.74) is -1.04. The molecule has 0 unspecified atom stereocenters. The highest BCUT2D eigenvalue weighted by Crippen LogP contribution is 2.55. The van der Waals surface area contributed by atoms with Gasteiger partial charge in [-0.05, 0) is 44.7 Å². The molecule has 0 radical (unpaired) electrons. The van der Waals surface area contributed by atoms with Crippen LogP contribution in [-0.2, 0) is 23.7 Å². The largest absolute Gasteiger partial charge is 0.504 e. The number of rotatable bonds is 8. The van der Waals surface area contributed by atoms with Crippen LogP contribution >= 0.6 is 0 Å². The minimum absolute atomic E-state index is 0.147. The average Bonchev–Trinajstić information content (AvgIpc) is 3.00. The first-order chi connectivity index (χ1) is 17.7. The number of phenols is 3. The Morgan fingerprint density at radius 2 is 1.74 bits per heavy atom. The number of aromatic hydroxyl groups is 3. The summed E-state index contributed by atoms with van der Waals surface area (Å²) in [6.07, 6.45) is -5.67. The molecule has 38 heavy (non-hydrogen) atoms. The highest BCUT2D eigenvalue weighted by Gasteiger charge is 2.58. The monoisotopic (exact) mass is 540 g/mol. The number of aliphatic hydroxyl groups excluding tert-OH is 3. The summed E-state index contributed by atoms with van der Waals surface area (Å²) >= 11 is 0. The van der Waals surface area contributed by atoms with Crippen molar-refractivity contribution in [1.29, 1.82) is 0 Å². The van der Waals surface area contributed by atoms with Gasteiger partial charge in [-0.3, -0.25) is 4.79 Å². The zero-order valence-corrected chi connectivity index (χ0v) is 21.6. The van der Waals surface area contributed by atoms with Crippen molar-refractivity contribution in [3.8, 4) is 17.2 Å². The maximum absolute atomic E-state index is 12.3. The summed E-state index contributed by atoms with van der Waals surface area (Å²) in [6, 6.07) is 1.78. The predicted octanol–water partition coefficient (Wildman–Crippen LogP) is 0.727. The first kappa shape index (κ1) is 28.5. The molecule has 0 aromatic heterocycles. The fraction of sp³-hybridized carbons (Fsp3) is 0.692. The lowest BCUT2D eigenvalue weighted by Gasteiger charge is -2.42. The highest BCUT2D eigenvalue weighted by molar-refractivity contribution is 5.91. The van der Waals surface area contributed by atoms with E-state index < -0.39 is 72.2 Å². The van der Waals surface area contributed by atoms with Crippen molar-refractivity contribution in [1.82, 2.24) is 0 Å². The molecule has 2 aliphatic heterocycles. The molecule has 1 aromatic rings. The maximum Gasteiger partial charge on any atom is 0.338 e. The van der Waals surface area contributed by atoms with Gasteiger partial charge in [0.1, 0.15) is 36.8 Å². The SMILES string of the molecule is C[C@H](CC[C@@H]1[C@@]2(C)CO[C@]1(C)CC(=O)C2)O[C@@H]1O[C@H](COC(=O)c2cc(O)c(O)c(O)c2)[C@@H](O)[C@H](O)[C@H]1O. The highest BCUT2D eigenvalue weighted by atomic mass is 16.7. The number of carbonyl (C=O) groups excluding carboxylic acids is 2. The molecule has 1 aliphatic carbocycles. The van der Waals surface area contributed by atoms with E-state index in [4.69, 9.17) is 18.9 Å². The smallest absolute Gasteiger partial charge is 0.338 e. The van der Waals surface area contributed by atoms with Crippen molar-refractivity contribution in [3.05, 3.63) is 17.7 Å². The lowest BCUT2D eigenvalue weighted by atomic mass is 9.61. The molecule has 2 bridgehead atoms. The van der Waals surface area contributed by atoms with E-state index >= 15 is 0 Å². The van der Waals surface area contributed by atoms with Gasteiger partial charge in [0.15, 0.2) is 23.5 Å². The van der Waals surface area contributed by atoms with E-state index in [0.29, 0.717) is 32.3 Å². The Morgan fingerprint density at radius 3 is 2.37 bits per heavy atom. The van der Waals surface area contributed by atoms with Crippen LogP contribution in [0.3, 0.4) is 0 Å². The van der Waals surface area contributed by atoms with Gasteiger partial charge in [-0.15, -0.1) is 0 Å². The Balaban J connectivity index is 1.34. The fourth-order valence-electron chi connectivity index (χ4n) is 6.00. The molecule has 2 saturated heterocycles. The second-order valence-electron chi connectivity index (χ2n) is 11.2. The molecule has 3 fully saturated rings. The number of esters is 1. The summed E-state index contributed by atoms with van der Waals surface area (Å²) in [5.74, 6) is -2.90. The molecular formula is C26H36O12. The molecule has 12 heteroatoms. The third-order valence-corrected chi connectivity index (χ3v) is 8.04. The molecule has 4 rings (SSSR count). The Kier molecular flexibility index (Phi) is 7.95. The van der Waals surface area contributed by atoms with Crippen LogP contribution in [0.5, 0.6) is 17.2 Å². The molecule has 6 N–H and O–H groups in total. The van der Waals surface area contributed by atoms with Gasteiger partial charge in [-0.25, -0.2) is 4.79 Å². The van der Waals surface area contributed by atoms with Crippen molar-refractivity contribution in [2.45, 2.75) is 88.9 Å². The number of phenolic OH excluding ortho intramolecular Hbond substituents is 3. The number of benzene rings is 1. The summed E-state index contributed by atoms with van der Waals surface area (Å²) in [4.78, 5) is 24.5. The average molecular weight is 541 g/mol. The molecule has 12 nitrogen and oxygen atoms in total. The second-order valence-corrected chi connectivity index (χ2v) is 11.2. The molecule has 1 saturated carbocycles. The summed E-state index contributed by atoms with van der Waals surface area (Å²) in [7, 11) is 0. The first-order valence-electron chi connectivity index (χ1n) is 12.7. The van der Waals surface area contributed by atoms with E-state index in [9.17, 15) is 40.2 Å². The Hall–Kier alpha value is -2.48. The first-order valence-corrected chi connectivity index (χ1v) is 12.7. The molecule has 9 atom stereocenters. The molecule has 3 aliphatic rings. The van der Waals surface area contributed by atoms with Crippen molar-refractivity contribution >= 4 is 11.8 Å². The minimum atomic E-state index is -1.64. The Labute approximate surface area is 219 Å². The molecule has 0 spiro atoms. The van der Waals surface area contributed by atoms with Gasteiger partial charge < -0.3 is 49.6 Å². The van der Waals surface area contributed by atoms with Gasteiger partial charge in [-0.2, -0.15) is 0 Å². The molecule has 2 heterocycles. The fourth-order valence-corrected chi connectivity index (χ4v) is 6.00. The second kappa shape index (κ2) is 10.6. The van der Waals surface area contributed by atoms with Crippen LogP contribution < -0.4 is 0 Å². The zero-order valence-electron chi connectivity index (χ0n) is 21.6. The maximum atomic E-state index is 12.3. The number of ether oxygens (including phenoxy) is 4. The van der Waals surface area contributed by atoms with Crippen molar-refractivity contribution in [2.75, 3.05) is 13.2 Å². The van der Waals surface area contributed by atoms with Gasteiger partial charge in [0.2, 0.25) is 0 Å². The van der Waals surface area contributed by atoms with Gasteiger partial charge >= 0.3 is 5.97 Å². The van der Waals surface area contributed by atoms with Crippen LogP contribution in [0.4, 0.5) is 0 Å². The Morgan fingerprint density at radius 1 is 1.08 bits per heavy atom. The number of ketones is 1. The third-order valence-electron chi connectivity index (χ3n) is 8.04. The van der Waals surface area contributed by atoms with Gasteiger partial charge in [0.25, 0.3) is 0 Å². The van der Waals surface area contributed by atoms with Crippen LogP contribution in [0.25, 0.3) is 0 Å². The number of Topliss-reactive ketones (excluding diaryl/α,β-unsaturated/α-hetero) is 1. The number of carbonyl (C=O) groups is 2. The van der Waals surface area contributed by atoms with Crippen LogP contribution in [-0.4, -0.2) is 98.0 Å². The van der Waals surface area contributed by atoms with E-state index in [0.717, 1.165) is 12.1 Å². The lowest BCUT2D eigenvalue weighted by molar-refractivity contribution is -0.310. The van der Waals surface area contributed by atoms with Crippen LogP contribution in [0.2, 0.25) is 0 Å². The minimum Gasteiger partial charge on any atom is -0.504 e. The van der Waals surface area contributed by atoms with Crippen LogP contribution in [0, 0.1) is 11.3 Å². The predicted molar refractivity (Wildman–Crippen MR) is 128 cm³/mol. The van der Waals surface area contributed by atoms with E-state index in [2.05, 4.69) is 6.92 Å². The lowest BCUT2D eigenvalue weighted by Crippen LogP contribution is -2.59. The molecule has 0 amide bonds. The summed E-state index contributed by atoms with van der Waals surface area (Å²) < 4.78 is 22.6. The number of aliphatic hydroxyl groups is 3. The van der Waals surface area contributed by atoms with Crippen molar-refractivity contribution in [2.24, 2.45) is 11.3 Å². The van der Waals surface area contributed by atoms with Crippen molar-refractivity contribution < 1.29 is 59.2 Å². The summed E-state index contributed by atoms with van der Waals surface area (Å²) in [6.45, 7) is 5.79. The van der Waals surface area contributed by atoms with Crippen molar-refractivity contribution in [3.63, 3.8) is 0 Å². The standard InChI is InChI=1S/C26H36O12/c1-12(4-5-18-25(2)8-14(27)9-26(18,3)36-11-25)37-24-22(33)21(32)20(31)17(38-24)10-35-23(34)13-6-15(28)19(30)16(29)7-13/h6-7,12,17-18,20-22,24,28-33H,4-5,8-11H2,1-3H3/t12-,17-,18-,20-,21+,22-,24-,25-,26-/m1/s1. The number of fused-ring (bicyclic) bond motifs is 2. The van der Waals surface area contributed by atoms with E-state index in [1.54, 1.807) is 6.92 Å². The van der Waals surface area contributed by atoms with E-state index in [1.807, 2.05) is 6.92 Å². The van der Waals surface area contributed by atoms with E-state index in [1.165, 1.54) is 0 Å². The van der Waals surface area contributed by atoms with Gasteiger partial charge in [0, 0.05) is 18.3 Å². The zero-order chi connectivity index (χ0) is 28.0. The topological polar surface area (TPSA) is 192 Å². The van der Waals surface area contributed by atoms with Gasteiger partial charge in [-0.1, -0.05) is 6.92 Å². The normalized spacial score (nSPS) is 37.7. The van der Waals surface area contributed by atoms with E-state index in [-0.39, 0.29) is 22.7 Å². The summed E-state index contributed by atoms with van der Waals surface area (Å²) in [5, 5.41) is 59.7. The number of hydrogen-bond donors (Lipinski definition) is 6. The molecule has 1 aromatic carbocycles. The molecular weight excluding hydrogens is 504 g/mol. The quantitative estimate of drug-likeness (QED) is 0.200. The van der Waals surface area contributed by atoms with Gasteiger partial charge in [0.05, 0.1) is 23.9 Å². The molecule has 212 valence electrons.